The molecule has 0 radical (unpaired) electrons. The standard InChI is InChI=1S/C55H86O7Si3/c1-17-40-59-52(51(62-63(15,16)53(6,7)8)50(57-14)37-41-58-43-45-30-24-21-25-31-45)55(12,13)39-36-48(56)44(5)49(61-64(18-2,19-3)20-4)38-42-60-65(54(9,10)11,46-32-26-22-27-33-46)47-34-28-23-29-35-47/h17,21-35,44,49-52H,1,18-20,37-38,40-43H2,2-16H3/t44-,49-,50-,51+,52-/m0/s1. The second-order valence-corrected chi connectivity index (χ2v) is 34.6. The van der Waals surface area contributed by atoms with E-state index in [9.17, 15) is 4.79 Å². The molecule has 0 bridgehead atoms. The van der Waals surface area contributed by atoms with Crippen LogP contribution >= 0.6 is 0 Å². The summed E-state index contributed by atoms with van der Waals surface area (Å²) in [5.41, 5.74) is 0.287. The van der Waals surface area contributed by atoms with Crippen LogP contribution in [0.3, 0.4) is 0 Å². The van der Waals surface area contributed by atoms with Crippen molar-refractivity contribution in [3.05, 3.63) is 109 Å². The number of methoxy groups -OCH3 is 1. The third-order valence-corrected chi connectivity index (χ3v) is 28.1. The van der Waals surface area contributed by atoms with Gasteiger partial charge in [0.2, 0.25) is 5.78 Å². The highest BCUT2D eigenvalue weighted by Crippen LogP contribution is 2.41. The Kier molecular flexibility index (Phi) is 22.0. The molecule has 65 heavy (non-hydrogen) atoms. The number of ether oxygens (including phenoxy) is 3. The lowest BCUT2D eigenvalue weighted by molar-refractivity contribution is -0.124. The van der Waals surface area contributed by atoms with Crippen molar-refractivity contribution in [1.29, 1.82) is 0 Å². The van der Waals surface area contributed by atoms with Crippen molar-refractivity contribution in [2.24, 2.45) is 11.3 Å². The third kappa shape index (κ3) is 15.3. The lowest BCUT2D eigenvalue weighted by Crippen LogP contribution is -2.66. The van der Waals surface area contributed by atoms with Crippen LogP contribution in [0.2, 0.25) is 41.3 Å². The summed E-state index contributed by atoms with van der Waals surface area (Å²) in [5.74, 6) is 5.96. The van der Waals surface area contributed by atoms with Gasteiger partial charge >= 0.3 is 0 Å². The molecule has 0 aromatic heterocycles. The molecule has 0 N–H and O–H groups in total. The molecule has 0 aliphatic carbocycles. The minimum absolute atomic E-state index is 0.0818. The van der Waals surface area contributed by atoms with E-state index in [-0.39, 0.29) is 34.7 Å². The van der Waals surface area contributed by atoms with E-state index in [1.807, 2.05) is 39.0 Å². The summed E-state index contributed by atoms with van der Waals surface area (Å²) in [6, 6.07) is 34.5. The van der Waals surface area contributed by atoms with Gasteiger partial charge in [0.05, 0.1) is 42.9 Å². The average Bonchev–Trinajstić information content (AvgIpc) is 3.28. The smallest absolute Gasteiger partial charge is 0.261 e. The Hall–Kier alpha value is -2.96. The van der Waals surface area contributed by atoms with E-state index in [4.69, 9.17) is 27.5 Å². The molecule has 3 rings (SSSR count). The van der Waals surface area contributed by atoms with Gasteiger partial charge in [-0.3, -0.25) is 4.79 Å². The number of carbonyl (C=O) groups is 1. The van der Waals surface area contributed by atoms with Gasteiger partial charge in [-0.05, 0) is 89.8 Å². The first-order chi connectivity index (χ1) is 30.6. The normalized spacial score (nSPS) is 15.3. The van der Waals surface area contributed by atoms with Crippen LogP contribution in [0.5, 0.6) is 0 Å². The monoisotopic (exact) mass is 943 g/mol. The van der Waals surface area contributed by atoms with Crippen LogP contribution in [0.25, 0.3) is 0 Å². The Bertz CT molecular complexity index is 1860. The molecule has 10 heteroatoms. The maximum absolute atomic E-state index is 14.6. The minimum atomic E-state index is -2.81. The van der Waals surface area contributed by atoms with Crippen LogP contribution in [0.4, 0.5) is 0 Å². The van der Waals surface area contributed by atoms with Gasteiger partial charge in [0, 0.05) is 20.3 Å². The molecule has 0 aliphatic rings. The number of Topliss-reactive ketones (excluding diaryl/α,β-unsaturated/α-hetero) is 1. The molecule has 5 atom stereocenters. The van der Waals surface area contributed by atoms with Crippen LogP contribution < -0.4 is 10.4 Å². The van der Waals surface area contributed by atoms with Gasteiger partial charge in [0.25, 0.3) is 8.32 Å². The number of hydrogen-bond acceptors (Lipinski definition) is 7. The Labute approximate surface area is 399 Å². The zero-order valence-electron chi connectivity index (χ0n) is 43.1. The van der Waals surface area contributed by atoms with Crippen molar-refractivity contribution in [2.45, 2.75) is 168 Å². The van der Waals surface area contributed by atoms with Crippen LogP contribution in [0.15, 0.2) is 104 Å². The molecule has 0 amide bonds. The van der Waals surface area contributed by atoms with Crippen LogP contribution in [-0.4, -0.2) is 82.1 Å². The van der Waals surface area contributed by atoms with Gasteiger partial charge in [-0.15, -0.1) is 6.58 Å². The fourth-order valence-electron chi connectivity index (χ4n) is 8.51. The topological polar surface area (TPSA) is 72.5 Å². The van der Waals surface area contributed by atoms with Crippen molar-refractivity contribution < 1.29 is 32.3 Å². The van der Waals surface area contributed by atoms with E-state index in [2.05, 4.69) is 167 Å². The van der Waals surface area contributed by atoms with E-state index >= 15 is 0 Å². The number of hydrogen-bond donors (Lipinski definition) is 0. The van der Waals surface area contributed by atoms with Crippen LogP contribution in [0, 0.1) is 23.2 Å². The molecule has 3 aromatic rings. The Balaban J connectivity index is 2.03. The minimum Gasteiger partial charge on any atom is -0.413 e. The highest BCUT2D eigenvalue weighted by atomic mass is 28.4. The summed E-state index contributed by atoms with van der Waals surface area (Å²) in [7, 11) is -5.63. The summed E-state index contributed by atoms with van der Waals surface area (Å²) in [6.45, 7) is 36.6. The van der Waals surface area contributed by atoms with Crippen molar-refractivity contribution in [3.63, 3.8) is 0 Å². The van der Waals surface area contributed by atoms with Gasteiger partial charge in [-0.2, -0.15) is 0 Å². The van der Waals surface area contributed by atoms with Gasteiger partial charge in [0.1, 0.15) is 6.10 Å². The second kappa shape index (κ2) is 25.4. The number of ketones is 1. The molecule has 360 valence electrons. The molecular formula is C55H86O7Si3. The van der Waals surface area contributed by atoms with Crippen LogP contribution in [0.1, 0.15) is 101 Å². The van der Waals surface area contributed by atoms with E-state index in [0.29, 0.717) is 32.7 Å². The summed E-state index contributed by atoms with van der Waals surface area (Å²) >= 11 is 0. The first-order valence-electron chi connectivity index (χ1n) is 24.1. The van der Waals surface area contributed by atoms with Crippen molar-refractivity contribution in [1.82, 2.24) is 0 Å². The highest BCUT2D eigenvalue weighted by Gasteiger charge is 2.51. The molecule has 0 spiro atoms. The zero-order valence-corrected chi connectivity index (χ0v) is 46.1. The van der Waals surface area contributed by atoms with Gasteiger partial charge in [-0.1, -0.05) is 172 Å². The summed E-state index contributed by atoms with van der Waals surface area (Å²) < 4.78 is 41.0. The fraction of sp³-hybridized carbons (Fsp3) is 0.582. The predicted molar refractivity (Wildman–Crippen MR) is 280 cm³/mol. The molecule has 0 unspecified atom stereocenters. The molecule has 7 nitrogen and oxygen atoms in total. The van der Waals surface area contributed by atoms with E-state index in [0.717, 1.165) is 23.7 Å². The van der Waals surface area contributed by atoms with Crippen molar-refractivity contribution >= 4 is 41.1 Å². The molecule has 0 saturated heterocycles. The quantitative estimate of drug-likeness (QED) is 0.0248. The average molecular weight is 944 g/mol. The largest absolute Gasteiger partial charge is 0.413 e. The van der Waals surface area contributed by atoms with Gasteiger partial charge in [-0.25, -0.2) is 0 Å². The lowest BCUT2D eigenvalue weighted by Gasteiger charge is -2.46. The molecule has 0 fully saturated rings. The second-order valence-electron chi connectivity index (χ2n) is 20.8. The Morgan fingerprint density at radius 2 is 1.23 bits per heavy atom. The van der Waals surface area contributed by atoms with E-state index in [1.165, 1.54) is 10.4 Å². The SMILES string of the molecule is C=CCO[C@@H]([C@H](O[Si](C)(C)C(C)(C)C)[C@H](CCOCc1ccccc1)OC)C(C)(C)C#CC(=O)[C@H](C)[C@H](CCO[Si](c1ccccc1)(c1ccccc1)C(C)(C)C)O[Si](CC)(CC)CC. The summed E-state index contributed by atoms with van der Waals surface area (Å²) in [6.07, 6.45) is 1.12. The molecule has 0 aliphatic heterocycles. The molecular weight excluding hydrogens is 857 g/mol. The first-order valence-corrected chi connectivity index (χ1v) is 31.5. The van der Waals surface area contributed by atoms with E-state index < -0.39 is 48.5 Å². The van der Waals surface area contributed by atoms with Gasteiger partial charge in [0.15, 0.2) is 16.6 Å². The fourth-order valence-corrected chi connectivity index (χ4v) is 17.4. The predicted octanol–water partition coefficient (Wildman–Crippen LogP) is 12.2. The highest BCUT2D eigenvalue weighted by molar-refractivity contribution is 6.99. The van der Waals surface area contributed by atoms with E-state index in [1.54, 1.807) is 13.2 Å². The zero-order chi connectivity index (χ0) is 48.5. The molecule has 3 aromatic carbocycles. The van der Waals surface area contributed by atoms with Crippen molar-refractivity contribution in [2.75, 3.05) is 26.9 Å². The first kappa shape index (κ1) is 56.4. The van der Waals surface area contributed by atoms with Gasteiger partial charge < -0.3 is 27.5 Å². The number of benzene rings is 3. The maximum atomic E-state index is 14.6. The summed E-state index contributed by atoms with van der Waals surface area (Å²) in [5, 5.41) is 2.20. The Morgan fingerprint density at radius 3 is 1.69 bits per heavy atom. The summed E-state index contributed by atoms with van der Waals surface area (Å²) in [4.78, 5) is 14.6. The Morgan fingerprint density at radius 1 is 0.723 bits per heavy atom. The van der Waals surface area contributed by atoms with Crippen LogP contribution in [-0.2, 0) is 38.9 Å². The maximum Gasteiger partial charge on any atom is 0.261 e. The molecule has 0 heterocycles. The molecule has 0 saturated carbocycles. The number of rotatable bonds is 27. The third-order valence-electron chi connectivity index (χ3n) is 13.9. The number of carbonyl (C=O) groups excluding carboxylic acids is 1. The lowest BCUT2D eigenvalue weighted by atomic mass is 9.81. The van der Waals surface area contributed by atoms with Crippen molar-refractivity contribution in [3.8, 4) is 11.8 Å².